The molecule has 0 fully saturated rings. The van der Waals surface area contributed by atoms with E-state index in [1.54, 1.807) is 29.2 Å². The van der Waals surface area contributed by atoms with Crippen LogP contribution in [0, 0.1) is 6.92 Å². The minimum Gasteiger partial charge on any atom is -0.486 e. The minimum absolute atomic E-state index is 0.213. The molecule has 3 aromatic rings. The Labute approximate surface area is 151 Å². The average Bonchev–Trinajstić information content (AvgIpc) is 3.28. The number of hydrogen-bond donors (Lipinski definition) is 1. The van der Waals surface area contributed by atoms with Crippen LogP contribution in [0.3, 0.4) is 0 Å². The lowest BCUT2D eigenvalue weighted by atomic mass is 10.2. The van der Waals surface area contributed by atoms with Crippen molar-refractivity contribution in [3.05, 3.63) is 65.9 Å². The molecule has 0 atom stereocenters. The standard InChI is InChI=1S/C19H21N3O4/c1-3-24-13-22-11-15(10-20-22)21-19(23)18-8-7-17(26-18)12-25-16-6-4-5-14(2)9-16/h4-11H,3,12-13H2,1-2H3,(H,21,23). The number of nitrogens with zero attached hydrogens (tertiary/aromatic N) is 2. The van der Waals surface area contributed by atoms with E-state index in [-0.39, 0.29) is 18.3 Å². The molecule has 0 aliphatic heterocycles. The molecule has 26 heavy (non-hydrogen) atoms. The van der Waals surface area contributed by atoms with Crippen LogP contribution in [0.5, 0.6) is 5.75 Å². The molecule has 7 nitrogen and oxygen atoms in total. The fourth-order valence-corrected chi connectivity index (χ4v) is 2.31. The molecule has 0 aliphatic rings. The van der Waals surface area contributed by atoms with Crippen molar-refractivity contribution < 1.29 is 18.7 Å². The van der Waals surface area contributed by atoms with Gasteiger partial charge in [-0.05, 0) is 43.7 Å². The lowest BCUT2D eigenvalue weighted by Gasteiger charge is -2.04. The largest absolute Gasteiger partial charge is 0.486 e. The van der Waals surface area contributed by atoms with Crippen molar-refractivity contribution in [2.45, 2.75) is 27.2 Å². The fraction of sp³-hybridized carbons (Fsp3) is 0.263. The zero-order valence-electron chi connectivity index (χ0n) is 14.8. The van der Waals surface area contributed by atoms with Gasteiger partial charge in [0.05, 0.1) is 18.1 Å². The van der Waals surface area contributed by atoms with Crippen molar-refractivity contribution in [1.82, 2.24) is 9.78 Å². The van der Waals surface area contributed by atoms with E-state index in [1.807, 2.05) is 38.1 Å². The summed E-state index contributed by atoms with van der Waals surface area (Å²) in [6, 6.07) is 11.1. The monoisotopic (exact) mass is 355 g/mol. The van der Waals surface area contributed by atoms with Gasteiger partial charge < -0.3 is 19.2 Å². The molecule has 0 spiro atoms. The van der Waals surface area contributed by atoms with Crippen LogP contribution >= 0.6 is 0 Å². The molecule has 2 heterocycles. The molecular weight excluding hydrogens is 334 g/mol. The van der Waals surface area contributed by atoms with Crippen LogP contribution in [0.15, 0.2) is 53.2 Å². The number of amides is 1. The van der Waals surface area contributed by atoms with Crippen molar-refractivity contribution in [1.29, 1.82) is 0 Å². The third-order valence-corrected chi connectivity index (χ3v) is 3.57. The lowest BCUT2D eigenvalue weighted by molar-refractivity contribution is 0.0792. The Morgan fingerprint density at radius 2 is 2.19 bits per heavy atom. The number of anilines is 1. The van der Waals surface area contributed by atoms with E-state index in [2.05, 4.69) is 10.4 Å². The maximum atomic E-state index is 12.3. The predicted octanol–water partition coefficient (Wildman–Crippen LogP) is 3.61. The van der Waals surface area contributed by atoms with Crippen LogP contribution < -0.4 is 10.1 Å². The van der Waals surface area contributed by atoms with Gasteiger partial charge in [-0.15, -0.1) is 0 Å². The highest BCUT2D eigenvalue weighted by molar-refractivity contribution is 6.02. The van der Waals surface area contributed by atoms with Gasteiger partial charge in [-0.2, -0.15) is 5.10 Å². The van der Waals surface area contributed by atoms with Crippen LogP contribution in [0.2, 0.25) is 0 Å². The summed E-state index contributed by atoms with van der Waals surface area (Å²) in [6.07, 6.45) is 3.25. The second-order valence-corrected chi connectivity index (χ2v) is 5.72. The number of hydrogen-bond acceptors (Lipinski definition) is 5. The van der Waals surface area contributed by atoms with Crippen LogP contribution in [0.25, 0.3) is 0 Å². The first kappa shape index (κ1) is 17.8. The van der Waals surface area contributed by atoms with Crippen LogP contribution in [0.4, 0.5) is 5.69 Å². The normalized spacial score (nSPS) is 10.7. The molecule has 0 aliphatic carbocycles. The van der Waals surface area contributed by atoms with Crippen LogP contribution in [0.1, 0.15) is 28.8 Å². The molecule has 0 saturated heterocycles. The highest BCUT2D eigenvalue weighted by Gasteiger charge is 2.13. The molecule has 1 aromatic carbocycles. The maximum Gasteiger partial charge on any atom is 0.291 e. The zero-order chi connectivity index (χ0) is 18.4. The molecule has 3 rings (SSSR count). The Balaban J connectivity index is 1.55. The lowest BCUT2D eigenvalue weighted by Crippen LogP contribution is -2.10. The molecule has 0 bridgehead atoms. The van der Waals surface area contributed by atoms with Gasteiger partial charge >= 0.3 is 0 Å². The molecule has 7 heteroatoms. The van der Waals surface area contributed by atoms with Gasteiger partial charge in [-0.1, -0.05) is 12.1 Å². The number of carbonyl (C=O) groups excluding carboxylic acids is 1. The van der Waals surface area contributed by atoms with Gasteiger partial charge in [-0.3, -0.25) is 4.79 Å². The molecule has 0 saturated carbocycles. The number of aromatic nitrogens is 2. The van der Waals surface area contributed by atoms with E-state index in [0.717, 1.165) is 11.3 Å². The number of rotatable bonds is 8. The Hall–Kier alpha value is -3.06. The fourth-order valence-electron chi connectivity index (χ4n) is 2.31. The summed E-state index contributed by atoms with van der Waals surface area (Å²) in [5.41, 5.74) is 1.69. The summed E-state index contributed by atoms with van der Waals surface area (Å²) in [6.45, 7) is 5.10. The van der Waals surface area contributed by atoms with Gasteiger partial charge in [0.1, 0.15) is 24.8 Å². The second kappa shape index (κ2) is 8.35. The van der Waals surface area contributed by atoms with Gasteiger partial charge in [-0.25, -0.2) is 4.68 Å². The molecule has 0 radical (unpaired) electrons. The number of furan rings is 1. The Morgan fingerprint density at radius 3 is 3.00 bits per heavy atom. The van der Waals surface area contributed by atoms with Crippen molar-refractivity contribution in [2.24, 2.45) is 0 Å². The van der Waals surface area contributed by atoms with Crippen LogP contribution in [-0.4, -0.2) is 22.3 Å². The van der Waals surface area contributed by atoms with E-state index in [1.165, 1.54) is 0 Å². The Bertz CT molecular complexity index is 869. The molecular formula is C19H21N3O4. The van der Waals surface area contributed by atoms with Crippen molar-refractivity contribution in [3.63, 3.8) is 0 Å². The Kier molecular flexibility index (Phi) is 5.70. The third kappa shape index (κ3) is 4.73. The molecule has 1 amide bonds. The van der Waals surface area contributed by atoms with E-state index >= 15 is 0 Å². The summed E-state index contributed by atoms with van der Waals surface area (Å²) in [7, 11) is 0. The molecule has 136 valence electrons. The van der Waals surface area contributed by atoms with Crippen molar-refractivity contribution >= 4 is 11.6 Å². The molecule has 0 unspecified atom stereocenters. The third-order valence-electron chi connectivity index (χ3n) is 3.57. The Morgan fingerprint density at radius 1 is 1.31 bits per heavy atom. The minimum atomic E-state index is -0.345. The van der Waals surface area contributed by atoms with Gasteiger partial charge in [0.2, 0.25) is 0 Å². The summed E-state index contributed by atoms with van der Waals surface area (Å²) < 4.78 is 18.1. The smallest absolute Gasteiger partial charge is 0.291 e. The van der Waals surface area contributed by atoms with Gasteiger partial charge in [0, 0.05) is 6.61 Å². The number of nitrogens with one attached hydrogen (secondary N) is 1. The van der Waals surface area contributed by atoms with E-state index in [9.17, 15) is 4.79 Å². The number of ether oxygens (including phenoxy) is 2. The highest BCUT2D eigenvalue weighted by atomic mass is 16.5. The summed E-state index contributed by atoms with van der Waals surface area (Å²) in [5, 5.41) is 6.84. The highest BCUT2D eigenvalue weighted by Crippen LogP contribution is 2.17. The maximum absolute atomic E-state index is 12.3. The summed E-state index contributed by atoms with van der Waals surface area (Å²) in [5.74, 6) is 1.20. The van der Waals surface area contributed by atoms with Crippen molar-refractivity contribution in [3.8, 4) is 5.75 Å². The van der Waals surface area contributed by atoms with Crippen molar-refractivity contribution in [2.75, 3.05) is 11.9 Å². The number of aryl methyl sites for hydroxylation is 1. The van der Waals surface area contributed by atoms with Gasteiger partial charge in [0.25, 0.3) is 5.91 Å². The summed E-state index contributed by atoms with van der Waals surface area (Å²) in [4.78, 5) is 12.3. The quantitative estimate of drug-likeness (QED) is 0.668. The van der Waals surface area contributed by atoms with E-state index < -0.39 is 0 Å². The predicted molar refractivity (Wildman–Crippen MR) is 96.0 cm³/mol. The summed E-state index contributed by atoms with van der Waals surface area (Å²) >= 11 is 0. The van der Waals surface area contributed by atoms with Gasteiger partial charge in [0.15, 0.2) is 5.76 Å². The zero-order valence-corrected chi connectivity index (χ0v) is 14.8. The number of benzene rings is 1. The average molecular weight is 355 g/mol. The first-order valence-electron chi connectivity index (χ1n) is 8.34. The topological polar surface area (TPSA) is 78.5 Å². The van der Waals surface area contributed by atoms with E-state index in [4.69, 9.17) is 13.9 Å². The second-order valence-electron chi connectivity index (χ2n) is 5.72. The van der Waals surface area contributed by atoms with E-state index in [0.29, 0.717) is 24.8 Å². The van der Waals surface area contributed by atoms with Crippen LogP contribution in [-0.2, 0) is 18.1 Å². The molecule has 2 aromatic heterocycles. The molecule has 1 N–H and O–H groups in total. The number of carbonyl (C=O) groups is 1. The SMILES string of the molecule is CCOCn1cc(NC(=O)c2ccc(COc3cccc(C)c3)o2)cn1. The first-order chi connectivity index (χ1) is 12.6. The first-order valence-corrected chi connectivity index (χ1v) is 8.34.